The van der Waals surface area contributed by atoms with Gasteiger partial charge in [-0.1, -0.05) is 22.7 Å². The molecule has 0 fully saturated rings. The summed E-state index contributed by atoms with van der Waals surface area (Å²) in [7, 11) is -3.95. The van der Waals surface area contributed by atoms with Gasteiger partial charge in [0, 0.05) is 17.0 Å². The molecule has 0 saturated carbocycles. The van der Waals surface area contributed by atoms with Crippen LogP contribution in [0.15, 0.2) is 46.3 Å². The summed E-state index contributed by atoms with van der Waals surface area (Å²) in [6.07, 6.45) is 2.54. The predicted molar refractivity (Wildman–Crippen MR) is 118 cm³/mol. The van der Waals surface area contributed by atoms with Crippen LogP contribution in [-0.4, -0.2) is 36.4 Å². The van der Waals surface area contributed by atoms with Crippen LogP contribution in [0.25, 0.3) is 16.3 Å². The number of amides is 1. The Morgan fingerprint density at radius 1 is 1.28 bits per heavy atom. The van der Waals surface area contributed by atoms with Crippen LogP contribution in [0.3, 0.4) is 0 Å². The highest BCUT2D eigenvalue weighted by atomic mass is 32.2. The van der Waals surface area contributed by atoms with E-state index in [0.29, 0.717) is 15.1 Å². The third-order valence-electron chi connectivity index (χ3n) is 3.96. The van der Waals surface area contributed by atoms with Crippen LogP contribution in [-0.2, 0) is 30.9 Å². The van der Waals surface area contributed by atoms with Crippen molar-refractivity contribution < 1.29 is 27.7 Å². The number of sulfonamides is 1. The molecule has 1 aromatic carbocycles. The molecule has 0 radical (unpaired) electrons. The van der Waals surface area contributed by atoms with Crippen molar-refractivity contribution in [1.29, 1.82) is 0 Å². The van der Waals surface area contributed by atoms with Gasteiger partial charge in [-0.2, -0.15) is 4.99 Å². The highest BCUT2D eigenvalue weighted by Crippen LogP contribution is 2.25. The van der Waals surface area contributed by atoms with E-state index < -0.39 is 26.8 Å². The number of ether oxygens (including phenoxy) is 1. The van der Waals surface area contributed by atoms with Crippen molar-refractivity contribution in [2.75, 3.05) is 6.61 Å². The predicted octanol–water partition coefficient (Wildman–Crippen LogP) is 2.02. The van der Waals surface area contributed by atoms with Gasteiger partial charge in [-0.3, -0.25) is 19.7 Å². The molecule has 3 rings (SSSR count). The molecule has 0 atom stereocenters. The monoisotopic (exact) mass is 496 g/mol. The molecular weight excluding hydrogens is 480 g/mol. The molecule has 168 valence electrons. The zero-order valence-corrected chi connectivity index (χ0v) is 18.9. The molecule has 11 nitrogen and oxygen atoms in total. The van der Waals surface area contributed by atoms with Gasteiger partial charge >= 0.3 is 11.0 Å². The minimum absolute atomic E-state index is 0.0588. The first-order chi connectivity index (χ1) is 15.1. The second-order valence-corrected chi connectivity index (χ2v) is 9.83. The average molecular weight is 497 g/mol. The molecule has 0 unspecified atom stereocenters. The number of rotatable bonds is 7. The van der Waals surface area contributed by atoms with E-state index in [1.54, 1.807) is 6.92 Å². The Hall–Kier alpha value is -3.20. The molecule has 0 aliphatic heterocycles. The normalized spacial score (nSPS) is 12.5. The highest BCUT2D eigenvalue weighted by molar-refractivity contribution is 7.89. The Balaban J connectivity index is 2.02. The lowest BCUT2D eigenvalue weighted by Gasteiger charge is -2.05. The van der Waals surface area contributed by atoms with Crippen LogP contribution in [0, 0.1) is 10.1 Å². The van der Waals surface area contributed by atoms with Crippen LogP contribution in [0.2, 0.25) is 0 Å². The number of esters is 1. The minimum atomic E-state index is -3.95. The summed E-state index contributed by atoms with van der Waals surface area (Å²) >= 11 is 1.90. The zero-order chi connectivity index (χ0) is 23.5. The van der Waals surface area contributed by atoms with Gasteiger partial charge in [0.05, 0.1) is 26.6 Å². The summed E-state index contributed by atoms with van der Waals surface area (Å²) in [4.78, 5) is 39.2. The molecule has 2 N–H and O–H groups in total. The molecule has 2 aromatic heterocycles. The number of primary sulfonamides is 1. The number of benzene rings is 1. The number of carbonyl (C=O) groups excluding carboxylic acids is 2. The van der Waals surface area contributed by atoms with Gasteiger partial charge in [0.25, 0.3) is 5.91 Å². The van der Waals surface area contributed by atoms with E-state index in [1.165, 1.54) is 41.0 Å². The van der Waals surface area contributed by atoms with Crippen molar-refractivity contribution >= 4 is 65.9 Å². The van der Waals surface area contributed by atoms with E-state index >= 15 is 0 Å². The molecular formula is C18H16N4O7S3. The molecule has 0 aliphatic carbocycles. The van der Waals surface area contributed by atoms with Gasteiger partial charge < -0.3 is 9.30 Å². The van der Waals surface area contributed by atoms with Crippen molar-refractivity contribution in [3.05, 3.63) is 56.2 Å². The largest absolute Gasteiger partial charge is 0.465 e. The summed E-state index contributed by atoms with van der Waals surface area (Å²) in [5.74, 6) is -1.23. The summed E-state index contributed by atoms with van der Waals surface area (Å²) in [6, 6.07) is 6.92. The first kappa shape index (κ1) is 23.5. The van der Waals surface area contributed by atoms with Crippen molar-refractivity contribution in [1.82, 2.24) is 4.57 Å². The Morgan fingerprint density at radius 2 is 2.03 bits per heavy atom. The Bertz CT molecular complexity index is 1410. The van der Waals surface area contributed by atoms with E-state index in [1.807, 2.05) is 0 Å². The van der Waals surface area contributed by atoms with Crippen molar-refractivity contribution in [3.8, 4) is 0 Å². The number of hydrogen-bond donors (Lipinski definition) is 1. The zero-order valence-electron chi connectivity index (χ0n) is 16.5. The van der Waals surface area contributed by atoms with Gasteiger partial charge in [0.15, 0.2) is 4.80 Å². The topological polar surface area (TPSA) is 164 Å². The minimum Gasteiger partial charge on any atom is -0.465 e. The van der Waals surface area contributed by atoms with Gasteiger partial charge in [-0.25, -0.2) is 13.6 Å². The Kier molecular flexibility index (Phi) is 6.98. The molecule has 0 spiro atoms. The second kappa shape index (κ2) is 9.52. The Labute approximate surface area is 189 Å². The van der Waals surface area contributed by atoms with Gasteiger partial charge in [0.2, 0.25) is 10.0 Å². The van der Waals surface area contributed by atoms with E-state index in [0.717, 1.165) is 28.7 Å². The summed E-state index contributed by atoms with van der Waals surface area (Å²) < 4.78 is 30.1. The maximum Gasteiger partial charge on any atom is 0.326 e. The highest BCUT2D eigenvalue weighted by Gasteiger charge is 2.15. The number of nitrogens with zero attached hydrogens (tertiary/aromatic N) is 3. The Morgan fingerprint density at radius 3 is 2.66 bits per heavy atom. The van der Waals surface area contributed by atoms with Crippen LogP contribution in [0.1, 0.15) is 11.8 Å². The van der Waals surface area contributed by atoms with Crippen LogP contribution >= 0.6 is 22.7 Å². The molecule has 0 aliphatic rings. The fraction of sp³-hybridized carbons (Fsp3) is 0.167. The number of thiazole rings is 1. The molecule has 2 heterocycles. The van der Waals surface area contributed by atoms with Crippen LogP contribution < -0.4 is 9.94 Å². The molecule has 1 amide bonds. The second-order valence-electron chi connectivity index (χ2n) is 6.17. The molecule has 32 heavy (non-hydrogen) atoms. The number of carbonyl (C=O) groups is 2. The van der Waals surface area contributed by atoms with Crippen LogP contribution in [0.4, 0.5) is 5.00 Å². The number of nitro groups is 1. The third-order valence-corrected chi connectivity index (χ3v) is 6.92. The van der Waals surface area contributed by atoms with E-state index in [2.05, 4.69) is 4.99 Å². The lowest BCUT2D eigenvalue weighted by molar-refractivity contribution is -0.380. The first-order valence-electron chi connectivity index (χ1n) is 8.91. The van der Waals surface area contributed by atoms with Crippen molar-refractivity contribution in [3.63, 3.8) is 0 Å². The fourth-order valence-corrected chi connectivity index (χ4v) is 5.03. The maximum absolute atomic E-state index is 12.4. The SMILES string of the molecule is CCOC(=O)Cn1c(=NC(=O)C=Cc2ccc([N+](=O)[O-])s2)sc2cc(S(N)(=O)=O)ccc21. The summed E-state index contributed by atoms with van der Waals surface area (Å²) in [5.41, 5.74) is 0.472. The molecule has 3 aromatic rings. The number of thiophene rings is 1. The fourth-order valence-electron chi connectivity index (χ4n) is 2.62. The van der Waals surface area contributed by atoms with Gasteiger partial charge in [-0.05, 0) is 37.3 Å². The summed E-state index contributed by atoms with van der Waals surface area (Å²) in [6.45, 7) is 1.58. The van der Waals surface area contributed by atoms with Crippen molar-refractivity contribution in [2.24, 2.45) is 10.1 Å². The van der Waals surface area contributed by atoms with E-state index in [4.69, 9.17) is 9.88 Å². The van der Waals surface area contributed by atoms with Crippen molar-refractivity contribution in [2.45, 2.75) is 18.4 Å². The number of fused-ring (bicyclic) bond motifs is 1. The number of hydrogen-bond acceptors (Lipinski definition) is 9. The van der Waals surface area contributed by atoms with E-state index in [9.17, 15) is 28.1 Å². The molecule has 0 saturated heterocycles. The third kappa shape index (κ3) is 5.53. The van der Waals surface area contributed by atoms with Gasteiger partial charge in [-0.15, -0.1) is 0 Å². The summed E-state index contributed by atoms with van der Waals surface area (Å²) in [5, 5.41) is 15.9. The number of aromatic nitrogens is 1. The first-order valence-corrected chi connectivity index (χ1v) is 12.1. The lowest BCUT2D eigenvalue weighted by Crippen LogP contribution is -2.22. The standard InChI is InChI=1S/C18H16N4O7S3/c1-2-29-17(24)10-21-13-6-5-12(32(19,27)28)9-14(13)31-18(21)20-15(23)7-3-11-4-8-16(30-11)22(25)26/h3-9H,2,10H2,1H3,(H2,19,27,28). The van der Waals surface area contributed by atoms with Crippen LogP contribution in [0.5, 0.6) is 0 Å². The molecule has 14 heteroatoms. The quantitative estimate of drug-likeness (QED) is 0.226. The molecule has 0 bridgehead atoms. The average Bonchev–Trinajstić information content (AvgIpc) is 3.31. The smallest absolute Gasteiger partial charge is 0.326 e. The lowest BCUT2D eigenvalue weighted by atomic mass is 10.3. The van der Waals surface area contributed by atoms with E-state index in [-0.39, 0.29) is 27.8 Å². The maximum atomic E-state index is 12.4. The van der Waals surface area contributed by atoms with Gasteiger partial charge in [0.1, 0.15) is 6.54 Å². The number of nitrogens with two attached hydrogens (primary N) is 1.